The van der Waals surface area contributed by atoms with Gasteiger partial charge in [-0.2, -0.15) is 13.2 Å². The molecule has 0 N–H and O–H groups in total. The van der Waals surface area contributed by atoms with Crippen molar-refractivity contribution in [2.45, 2.75) is 63.9 Å². The molecule has 1 aliphatic carbocycles. The highest BCUT2D eigenvalue weighted by Crippen LogP contribution is 2.28. The first-order valence-electron chi connectivity index (χ1n) is 8.00. The van der Waals surface area contributed by atoms with Gasteiger partial charge < -0.3 is 9.64 Å². The van der Waals surface area contributed by atoms with Gasteiger partial charge in [-0.15, -0.1) is 0 Å². The molecule has 1 amide bonds. The van der Waals surface area contributed by atoms with E-state index < -0.39 is 24.7 Å². The van der Waals surface area contributed by atoms with Gasteiger partial charge in [0.15, 0.2) is 0 Å². The van der Waals surface area contributed by atoms with E-state index in [1.54, 1.807) is 13.8 Å². The number of morpholine rings is 1. The zero-order valence-corrected chi connectivity index (χ0v) is 13.2. The molecule has 2 rings (SSSR count). The first-order chi connectivity index (χ1) is 10.3. The molecule has 0 bridgehead atoms. The highest BCUT2D eigenvalue weighted by atomic mass is 19.4. The number of carbonyl (C=O) groups is 1. The minimum atomic E-state index is -4.36. The number of hydrogen-bond acceptors (Lipinski definition) is 3. The number of amides is 1. The van der Waals surface area contributed by atoms with Crippen molar-refractivity contribution < 1.29 is 22.7 Å². The summed E-state index contributed by atoms with van der Waals surface area (Å²) in [6.45, 7) is 3.28. The minimum absolute atomic E-state index is 0.0544. The van der Waals surface area contributed by atoms with Gasteiger partial charge in [-0.05, 0) is 26.7 Å². The largest absolute Gasteiger partial charge is 0.406 e. The van der Waals surface area contributed by atoms with Gasteiger partial charge in [0.2, 0.25) is 5.91 Å². The Labute approximate surface area is 129 Å². The molecule has 0 aromatic heterocycles. The zero-order chi connectivity index (χ0) is 16.3. The lowest BCUT2D eigenvalue weighted by atomic mass is 9.90. The van der Waals surface area contributed by atoms with E-state index in [2.05, 4.69) is 0 Å². The van der Waals surface area contributed by atoms with Crippen LogP contribution < -0.4 is 0 Å². The van der Waals surface area contributed by atoms with Crippen LogP contribution in [0.3, 0.4) is 0 Å². The summed E-state index contributed by atoms with van der Waals surface area (Å²) >= 11 is 0. The smallest absolute Gasteiger partial charge is 0.375 e. The summed E-state index contributed by atoms with van der Waals surface area (Å²) < 4.78 is 43.7. The number of ether oxygens (including phenoxy) is 1. The van der Waals surface area contributed by atoms with E-state index in [1.807, 2.05) is 4.90 Å². The Kier molecular flexibility index (Phi) is 5.71. The average molecular weight is 322 g/mol. The number of nitrogens with zero attached hydrogens (tertiary/aromatic N) is 2. The quantitative estimate of drug-likeness (QED) is 0.797. The van der Waals surface area contributed by atoms with E-state index in [1.165, 1.54) is 0 Å². The third kappa shape index (κ3) is 4.59. The van der Waals surface area contributed by atoms with Crippen LogP contribution in [0.5, 0.6) is 0 Å². The Balaban J connectivity index is 1.99. The van der Waals surface area contributed by atoms with Gasteiger partial charge in [-0.3, -0.25) is 9.69 Å². The van der Waals surface area contributed by atoms with Crippen LogP contribution >= 0.6 is 0 Å². The number of hydrogen-bond donors (Lipinski definition) is 0. The highest BCUT2D eigenvalue weighted by Gasteiger charge is 2.38. The summed E-state index contributed by atoms with van der Waals surface area (Å²) in [7, 11) is 0. The van der Waals surface area contributed by atoms with Crippen LogP contribution in [-0.2, 0) is 9.53 Å². The van der Waals surface area contributed by atoms with Crippen molar-refractivity contribution in [1.29, 1.82) is 0 Å². The average Bonchev–Trinajstić information content (AvgIpc) is 2.44. The summed E-state index contributed by atoms with van der Waals surface area (Å²) in [4.78, 5) is 15.3. The van der Waals surface area contributed by atoms with E-state index in [0.29, 0.717) is 13.2 Å². The van der Waals surface area contributed by atoms with Gasteiger partial charge >= 0.3 is 6.18 Å². The van der Waals surface area contributed by atoms with Crippen LogP contribution in [0.25, 0.3) is 0 Å². The summed E-state index contributed by atoms with van der Waals surface area (Å²) in [5.41, 5.74) is 0. The van der Waals surface area contributed by atoms with Crippen LogP contribution in [-0.4, -0.2) is 66.3 Å². The molecule has 4 nitrogen and oxygen atoms in total. The van der Waals surface area contributed by atoms with Crippen molar-refractivity contribution in [3.8, 4) is 0 Å². The zero-order valence-electron chi connectivity index (χ0n) is 13.2. The molecular formula is C15H25F3N2O2. The maximum atomic E-state index is 12.6. The molecule has 1 heterocycles. The summed E-state index contributed by atoms with van der Waals surface area (Å²) in [6.07, 6.45) is -0.0884. The van der Waals surface area contributed by atoms with Crippen LogP contribution in [0.2, 0.25) is 0 Å². The monoisotopic (exact) mass is 322 g/mol. The molecule has 1 aliphatic heterocycles. The standard InChI is InChI=1S/C15H25F3N2O2/c1-11(2)20(10-15(16,17)18)14(21)9-19-7-8-22-13-6-4-3-5-12(13)19/h11-13H,3-10H2,1-2H3/t12-,13-/m1/s1. The minimum Gasteiger partial charge on any atom is -0.375 e. The van der Waals surface area contributed by atoms with Crippen LogP contribution in [0.4, 0.5) is 13.2 Å². The first-order valence-corrected chi connectivity index (χ1v) is 8.00. The predicted molar refractivity (Wildman–Crippen MR) is 76.5 cm³/mol. The highest BCUT2D eigenvalue weighted by molar-refractivity contribution is 5.78. The van der Waals surface area contributed by atoms with Crippen molar-refractivity contribution >= 4 is 5.91 Å². The van der Waals surface area contributed by atoms with Gasteiger partial charge in [0, 0.05) is 18.6 Å². The second kappa shape index (κ2) is 7.17. The number of carbonyl (C=O) groups excluding carboxylic acids is 1. The molecular weight excluding hydrogens is 297 g/mol. The SMILES string of the molecule is CC(C)N(CC(F)(F)F)C(=O)CN1CCO[C@@H]2CCCC[C@H]21. The number of fused-ring (bicyclic) bond motifs is 1. The Morgan fingerprint density at radius 2 is 2.00 bits per heavy atom. The van der Waals surface area contributed by atoms with Crippen LogP contribution in [0, 0.1) is 0 Å². The van der Waals surface area contributed by atoms with Crippen molar-refractivity contribution in [2.75, 3.05) is 26.2 Å². The van der Waals surface area contributed by atoms with Gasteiger partial charge in [-0.25, -0.2) is 0 Å². The molecule has 2 aliphatic rings. The lowest BCUT2D eigenvalue weighted by molar-refractivity contribution is -0.167. The van der Waals surface area contributed by atoms with Crippen LogP contribution in [0.1, 0.15) is 39.5 Å². The Hall–Kier alpha value is -0.820. The molecule has 2 fully saturated rings. The molecule has 0 aromatic rings. The predicted octanol–water partition coefficient (Wildman–Crippen LogP) is 2.43. The molecule has 0 aromatic carbocycles. The summed E-state index contributed by atoms with van der Waals surface area (Å²) in [6, 6.07) is -0.288. The van der Waals surface area contributed by atoms with Crippen molar-refractivity contribution in [1.82, 2.24) is 9.80 Å². The molecule has 1 saturated carbocycles. The number of halogens is 3. The first kappa shape index (κ1) is 17.5. The van der Waals surface area contributed by atoms with Gasteiger partial charge in [-0.1, -0.05) is 12.8 Å². The van der Waals surface area contributed by atoms with Crippen molar-refractivity contribution in [3.05, 3.63) is 0 Å². The number of alkyl halides is 3. The maximum absolute atomic E-state index is 12.6. The second-order valence-electron chi connectivity index (χ2n) is 6.46. The molecule has 2 atom stereocenters. The molecule has 0 radical (unpaired) electrons. The van der Waals surface area contributed by atoms with Crippen LogP contribution in [0.15, 0.2) is 0 Å². The fourth-order valence-electron chi connectivity index (χ4n) is 3.39. The molecule has 128 valence electrons. The molecule has 7 heteroatoms. The van der Waals surface area contributed by atoms with E-state index in [0.717, 1.165) is 30.6 Å². The Bertz CT molecular complexity index is 385. The van der Waals surface area contributed by atoms with Crippen molar-refractivity contribution in [3.63, 3.8) is 0 Å². The lowest BCUT2D eigenvalue weighted by Gasteiger charge is -2.44. The molecule has 1 saturated heterocycles. The van der Waals surface area contributed by atoms with E-state index in [-0.39, 0.29) is 18.7 Å². The van der Waals surface area contributed by atoms with E-state index in [9.17, 15) is 18.0 Å². The van der Waals surface area contributed by atoms with Gasteiger partial charge in [0.1, 0.15) is 6.54 Å². The third-order valence-corrected chi connectivity index (χ3v) is 4.48. The molecule has 22 heavy (non-hydrogen) atoms. The summed E-state index contributed by atoms with van der Waals surface area (Å²) in [5, 5.41) is 0. The topological polar surface area (TPSA) is 32.8 Å². The maximum Gasteiger partial charge on any atom is 0.406 e. The van der Waals surface area contributed by atoms with Crippen molar-refractivity contribution in [2.24, 2.45) is 0 Å². The Morgan fingerprint density at radius 3 is 2.64 bits per heavy atom. The molecule has 0 spiro atoms. The van der Waals surface area contributed by atoms with E-state index in [4.69, 9.17) is 4.74 Å². The summed E-state index contributed by atoms with van der Waals surface area (Å²) in [5.74, 6) is -0.446. The molecule has 0 unspecified atom stereocenters. The second-order valence-corrected chi connectivity index (χ2v) is 6.46. The van der Waals surface area contributed by atoms with Gasteiger partial charge in [0.05, 0.1) is 19.3 Å². The third-order valence-electron chi connectivity index (χ3n) is 4.48. The number of rotatable bonds is 4. The van der Waals surface area contributed by atoms with E-state index >= 15 is 0 Å². The normalized spacial score (nSPS) is 26.8. The fourth-order valence-corrected chi connectivity index (χ4v) is 3.39. The lowest BCUT2D eigenvalue weighted by Crippen LogP contribution is -2.56. The van der Waals surface area contributed by atoms with Gasteiger partial charge in [0.25, 0.3) is 0 Å². The Morgan fingerprint density at radius 1 is 1.32 bits per heavy atom. The fraction of sp³-hybridized carbons (Fsp3) is 0.933.